The molecule has 0 radical (unpaired) electrons. The molecule has 5 rings (SSSR count). The summed E-state index contributed by atoms with van der Waals surface area (Å²) in [7, 11) is 2.14. The maximum Gasteiger partial charge on any atom is 0.0912 e. The number of nitrogens with zero attached hydrogens (tertiary/aromatic N) is 4. The third-order valence-corrected chi connectivity index (χ3v) is 5.67. The van der Waals surface area contributed by atoms with Crippen LogP contribution in [-0.4, -0.2) is 51.3 Å². The summed E-state index contributed by atoms with van der Waals surface area (Å²) < 4.78 is 6.09. The van der Waals surface area contributed by atoms with E-state index in [0.717, 1.165) is 64.2 Å². The van der Waals surface area contributed by atoms with Crippen LogP contribution in [0.3, 0.4) is 0 Å². The first-order chi connectivity index (χ1) is 14.7. The van der Waals surface area contributed by atoms with Gasteiger partial charge in [0.1, 0.15) is 0 Å². The van der Waals surface area contributed by atoms with Crippen LogP contribution in [0.1, 0.15) is 17.7 Å². The second-order valence-electron chi connectivity index (χ2n) is 8.06. The Morgan fingerprint density at radius 3 is 2.93 bits per heavy atom. The minimum absolute atomic E-state index is 0.312. The van der Waals surface area contributed by atoms with E-state index < -0.39 is 0 Å². The Labute approximate surface area is 175 Å². The highest BCUT2D eigenvalue weighted by molar-refractivity contribution is 5.88. The Kier molecular flexibility index (Phi) is 5.02. The van der Waals surface area contributed by atoms with E-state index in [0.29, 0.717) is 12.7 Å². The average molecular weight is 399 g/mol. The van der Waals surface area contributed by atoms with Gasteiger partial charge in [0, 0.05) is 35.9 Å². The minimum Gasteiger partial charge on any atom is -0.372 e. The van der Waals surface area contributed by atoms with Crippen LogP contribution in [-0.2, 0) is 11.3 Å². The van der Waals surface area contributed by atoms with E-state index in [4.69, 9.17) is 4.74 Å². The van der Waals surface area contributed by atoms with Gasteiger partial charge in [-0.25, -0.2) is 0 Å². The SMILES string of the molecule is Cc1cccc(-c2[nH]ncc2-c2ccc3ncc(CO[C@H]4CCN(C)C4)cc3c2)n1. The molecule has 1 atom stereocenters. The fourth-order valence-electron chi connectivity index (χ4n) is 4.05. The lowest BCUT2D eigenvalue weighted by Gasteiger charge is -2.12. The summed E-state index contributed by atoms with van der Waals surface area (Å²) in [5.41, 5.74) is 7.00. The van der Waals surface area contributed by atoms with Crippen LogP contribution in [0.25, 0.3) is 33.4 Å². The number of aromatic amines is 1. The van der Waals surface area contributed by atoms with E-state index >= 15 is 0 Å². The number of H-pyrrole nitrogens is 1. The van der Waals surface area contributed by atoms with Crippen LogP contribution in [0.15, 0.2) is 54.9 Å². The summed E-state index contributed by atoms with van der Waals surface area (Å²) in [5.74, 6) is 0. The standard InChI is InChI=1S/C24H25N5O/c1-16-4-3-5-23(27-16)24-21(13-26-28-24)18-6-7-22-19(11-18)10-17(12-25-22)15-30-20-8-9-29(2)14-20/h3-7,10-13,20H,8-9,14-15H2,1-2H3,(H,26,28)/t20-/m0/s1. The van der Waals surface area contributed by atoms with Crippen molar-refractivity contribution >= 4 is 10.9 Å². The lowest BCUT2D eigenvalue weighted by Crippen LogP contribution is -2.19. The van der Waals surface area contributed by atoms with Crippen molar-refractivity contribution in [2.75, 3.05) is 20.1 Å². The monoisotopic (exact) mass is 399 g/mol. The number of hydrogen-bond acceptors (Lipinski definition) is 5. The Bertz CT molecular complexity index is 1190. The zero-order chi connectivity index (χ0) is 20.5. The molecule has 0 unspecified atom stereocenters. The average Bonchev–Trinajstić information content (AvgIpc) is 3.41. The molecule has 3 aromatic heterocycles. The fraction of sp³-hybridized carbons (Fsp3) is 0.292. The number of benzene rings is 1. The maximum absolute atomic E-state index is 6.09. The van der Waals surface area contributed by atoms with Crippen molar-refractivity contribution in [1.82, 2.24) is 25.1 Å². The van der Waals surface area contributed by atoms with Crippen LogP contribution < -0.4 is 0 Å². The predicted molar refractivity (Wildman–Crippen MR) is 118 cm³/mol. The molecule has 0 amide bonds. The van der Waals surface area contributed by atoms with Crippen LogP contribution in [0.5, 0.6) is 0 Å². The molecule has 152 valence electrons. The zero-order valence-electron chi connectivity index (χ0n) is 17.3. The first-order valence-electron chi connectivity index (χ1n) is 10.3. The Hall–Kier alpha value is -3.09. The molecule has 4 heterocycles. The first kappa shape index (κ1) is 18.9. The number of nitrogens with one attached hydrogen (secondary N) is 1. The van der Waals surface area contributed by atoms with Gasteiger partial charge in [0.15, 0.2) is 0 Å². The van der Waals surface area contributed by atoms with Gasteiger partial charge in [-0.15, -0.1) is 0 Å². The van der Waals surface area contributed by atoms with Crippen molar-refractivity contribution in [1.29, 1.82) is 0 Å². The van der Waals surface area contributed by atoms with Gasteiger partial charge in [0.05, 0.1) is 35.8 Å². The quantitative estimate of drug-likeness (QED) is 0.544. The summed E-state index contributed by atoms with van der Waals surface area (Å²) in [6, 6.07) is 14.5. The molecule has 4 aromatic rings. The van der Waals surface area contributed by atoms with Gasteiger partial charge in [-0.05, 0) is 61.9 Å². The molecule has 1 aliphatic heterocycles. The fourth-order valence-corrected chi connectivity index (χ4v) is 4.05. The van der Waals surface area contributed by atoms with Crippen molar-refractivity contribution in [3.63, 3.8) is 0 Å². The van der Waals surface area contributed by atoms with E-state index in [1.165, 1.54) is 0 Å². The third-order valence-electron chi connectivity index (χ3n) is 5.67. The summed E-state index contributed by atoms with van der Waals surface area (Å²) >= 11 is 0. The summed E-state index contributed by atoms with van der Waals surface area (Å²) in [6.07, 6.45) is 5.18. The third kappa shape index (κ3) is 3.84. The number of hydrogen-bond donors (Lipinski definition) is 1. The zero-order valence-corrected chi connectivity index (χ0v) is 17.3. The van der Waals surface area contributed by atoms with Gasteiger partial charge in [-0.2, -0.15) is 5.10 Å². The van der Waals surface area contributed by atoms with Crippen molar-refractivity contribution < 1.29 is 4.74 Å². The number of aromatic nitrogens is 4. The van der Waals surface area contributed by atoms with Crippen LogP contribution in [0, 0.1) is 6.92 Å². The number of likely N-dealkylation sites (tertiary alicyclic amines) is 1. The van der Waals surface area contributed by atoms with Gasteiger partial charge in [0.25, 0.3) is 0 Å². The lowest BCUT2D eigenvalue weighted by molar-refractivity contribution is 0.0483. The highest BCUT2D eigenvalue weighted by Crippen LogP contribution is 2.31. The molecule has 1 saturated heterocycles. The van der Waals surface area contributed by atoms with Crippen molar-refractivity contribution in [2.24, 2.45) is 0 Å². The molecular weight excluding hydrogens is 374 g/mol. The molecule has 1 aromatic carbocycles. The molecular formula is C24H25N5O. The highest BCUT2D eigenvalue weighted by atomic mass is 16.5. The number of rotatable bonds is 5. The lowest BCUT2D eigenvalue weighted by atomic mass is 10.0. The number of fused-ring (bicyclic) bond motifs is 1. The van der Waals surface area contributed by atoms with Gasteiger partial charge in [-0.3, -0.25) is 15.1 Å². The second kappa shape index (κ2) is 7.97. The van der Waals surface area contributed by atoms with Crippen molar-refractivity contribution in [3.8, 4) is 22.5 Å². The Morgan fingerprint density at radius 2 is 2.10 bits per heavy atom. The van der Waals surface area contributed by atoms with Gasteiger partial charge >= 0.3 is 0 Å². The number of likely N-dealkylation sites (N-methyl/N-ethyl adjacent to an activating group) is 1. The second-order valence-corrected chi connectivity index (χ2v) is 8.06. The molecule has 1 N–H and O–H groups in total. The maximum atomic E-state index is 6.09. The summed E-state index contributed by atoms with van der Waals surface area (Å²) in [6.45, 7) is 4.69. The summed E-state index contributed by atoms with van der Waals surface area (Å²) in [4.78, 5) is 11.6. The molecule has 6 nitrogen and oxygen atoms in total. The van der Waals surface area contributed by atoms with E-state index in [1.807, 2.05) is 37.5 Å². The normalized spacial score (nSPS) is 17.1. The van der Waals surface area contributed by atoms with Crippen molar-refractivity contribution in [2.45, 2.75) is 26.1 Å². The van der Waals surface area contributed by atoms with Crippen LogP contribution in [0.2, 0.25) is 0 Å². The van der Waals surface area contributed by atoms with Gasteiger partial charge in [0.2, 0.25) is 0 Å². The van der Waals surface area contributed by atoms with Crippen LogP contribution in [0.4, 0.5) is 0 Å². The topological polar surface area (TPSA) is 66.9 Å². The van der Waals surface area contributed by atoms with Crippen LogP contribution >= 0.6 is 0 Å². The molecule has 1 aliphatic rings. The number of ether oxygens (including phenoxy) is 1. The van der Waals surface area contributed by atoms with E-state index in [9.17, 15) is 0 Å². The molecule has 6 heteroatoms. The first-order valence-corrected chi connectivity index (χ1v) is 10.3. The largest absolute Gasteiger partial charge is 0.372 e. The molecule has 0 aliphatic carbocycles. The van der Waals surface area contributed by atoms with Crippen molar-refractivity contribution in [3.05, 3.63) is 66.1 Å². The minimum atomic E-state index is 0.312. The predicted octanol–water partition coefficient (Wildman–Crippen LogP) is 4.22. The van der Waals surface area contributed by atoms with E-state index in [-0.39, 0.29) is 0 Å². The molecule has 0 saturated carbocycles. The molecule has 0 bridgehead atoms. The molecule has 0 spiro atoms. The number of pyridine rings is 2. The highest BCUT2D eigenvalue weighted by Gasteiger charge is 2.20. The smallest absolute Gasteiger partial charge is 0.0912 e. The van der Waals surface area contributed by atoms with E-state index in [2.05, 4.69) is 56.4 Å². The van der Waals surface area contributed by atoms with Gasteiger partial charge in [-0.1, -0.05) is 12.1 Å². The molecule has 1 fully saturated rings. The Morgan fingerprint density at radius 1 is 1.17 bits per heavy atom. The van der Waals surface area contributed by atoms with E-state index in [1.54, 1.807) is 0 Å². The Balaban J connectivity index is 1.43. The number of aryl methyl sites for hydroxylation is 1. The van der Waals surface area contributed by atoms with Gasteiger partial charge < -0.3 is 9.64 Å². The summed E-state index contributed by atoms with van der Waals surface area (Å²) in [5, 5.41) is 8.49. The molecule has 30 heavy (non-hydrogen) atoms.